The number of hydrogen-bond donors (Lipinski definition) is 1. The number of nitrogens with zero attached hydrogens (tertiary/aromatic N) is 1. The number of nitro groups is 1. The highest BCUT2D eigenvalue weighted by molar-refractivity contribution is 9.10. The van der Waals surface area contributed by atoms with E-state index in [0.717, 1.165) is 0 Å². The lowest BCUT2D eigenvalue weighted by molar-refractivity contribution is -0.386. The maximum atomic E-state index is 10.6. The van der Waals surface area contributed by atoms with Crippen molar-refractivity contribution in [3.05, 3.63) is 37.8 Å². The molecule has 1 aromatic carbocycles. The molecule has 1 N–H and O–H groups in total. The normalized spacial score (nSPS) is 10.1. The third-order valence-electron chi connectivity index (χ3n) is 1.77. The van der Waals surface area contributed by atoms with Crippen LogP contribution in [-0.4, -0.2) is 10.0 Å². The lowest BCUT2D eigenvalue weighted by Gasteiger charge is -2.04. The summed E-state index contributed by atoms with van der Waals surface area (Å²) in [5.41, 5.74) is 0.860. The first-order valence-corrected chi connectivity index (χ1v) is 4.40. The van der Waals surface area contributed by atoms with E-state index < -0.39 is 4.92 Å². The van der Waals surface area contributed by atoms with Crippen LogP contribution in [0.25, 0.3) is 0 Å². The van der Waals surface area contributed by atoms with Gasteiger partial charge >= 0.3 is 0 Å². The van der Waals surface area contributed by atoms with Crippen molar-refractivity contribution in [1.29, 1.82) is 0 Å². The van der Waals surface area contributed by atoms with Crippen molar-refractivity contribution in [2.75, 3.05) is 0 Å². The summed E-state index contributed by atoms with van der Waals surface area (Å²) in [6.07, 6.45) is 0. The highest BCUT2D eigenvalue weighted by atomic mass is 79.9. The Morgan fingerprint density at radius 3 is 2.62 bits per heavy atom. The van der Waals surface area contributed by atoms with Crippen molar-refractivity contribution in [2.45, 2.75) is 13.5 Å². The molecule has 5 heteroatoms. The van der Waals surface area contributed by atoms with E-state index in [-0.39, 0.29) is 12.3 Å². The van der Waals surface area contributed by atoms with E-state index in [1.54, 1.807) is 19.1 Å². The number of hydrogen-bond acceptors (Lipinski definition) is 3. The predicted octanol–water partition coefficient (Wildman–Crippen LogP) is 2.16. The summed E-state index contributed by atoms with van der Waals surface area (Å²) in [5.74, 6) is 0. The molecule has 0 aliphatic carbocycles. The Morgan fingerprint density at radius 2 is 2.23 bits per heavy atom. The number of aliphatic hydroxyl groups is 1. The van der Waals surface area contributed by atoms with Gasteiger partial charge in [0.25, 0.3) is 5.69 Å². The van der Waals surface area contributed by atoms with E-state index in [2.05, 4.69) is 15.9 Å². The second kappa shape index (κ2) is 3.85. The maximum Gasteiger partial charge on any atom is 0.278 e. The molecule has 0 atom stereocenters. The standard InChI is InChI=1S/C8H8BrNO3/c1-5-2-3-7(9)6(4-11)8(5)10(12)13/h2-3,11H,4H2,1H3. The summed E-state index contributed by atoms with van der Waals surface area (Å²) in [5, 5.41) is 19.6. The van der Waals surface area contributed by atoms with E-state index in [0.29, 0.717) is 15.6 Å². The van der Waals surface area contributed by atoms with E-state index >= 15 is 0 Å². The quantitative estimate of drug-likeness (QED) is 0.642. The maximum absolute atomic E-state index is 10.6. The zero-order chi connectivity index (χ0) is 10.0. The number of aliphatic hydroxyl groups excluding tert-OH is 1. The molecule has 1 rings (SSSR count). The van der Waals surface area contributed by atoms with Gasteiger partial charge in [0, 0.05) is 10.0 Å². The third kappa shape index (κ3) is 1.87. The van der Waals surface area contributed by atoms with Gasteiger partial charge in [-0.15, -0.1) is 0 Å². The van der Waals surface area contributed by atoms with Crippen LogP contribution in [0.5, 0.6) is 0 Å². The van der Waals surface area contributed by atoms with Crippen LogP contribution in [0.15, 0.2) is 16.6 Å². The Morgan fingerprint density at radius 1 is 1.62 bits per heavy atom. The summed E-state index contributed by atoms with van der Waals surface area (Å²) in [4.78, 5) is 10.1. The molecule has 0 saturated heterocycles. The van der Waals surface area contributed by atoms with Crippen LogP contribution in [0.4, 0.5) is 5.69 Å². The second-order valence-corrected chi connectivity index (χ2v) is 3.46. The topological polar surface area (TPSA) is 63.4 Å². The highest BCUT2D eigenvalue weighted by Gasteiger charge is 2.18. The molecule has 4 nitrogen and oxygen atoms in total. The Kier molecular flexibility index (Phi) is 3.00. The molecule has 0 unspecified atom stereocenters. The summed E-state index contributed by atoms with van der Waals surface area (Å²) >= 11 is 3.15. The average molecular weight is 246 g/mol. The van der Waals surface area contributed by atoms with Gasteiger partial charge in [-0.3, -0.25) is 10.1 Å². The van der Waals surface area contributed by atoms with Crippen LogP contribution >= 0.6 is 15.9 Å². The van der Waals surface area contributed by atoms with E-state index in [4.69, 9.17) is 5.11 Å². The van der Waals surface area contributed by atoms with Gasteiger partial charge in [0.05, 0.1) is 17.1 Å². The molecule has 0 radical (unpaired) electrons. The molecular formula is C8H8BrNO3. The molecule has 0 aliphatic heterocycles. The molecule has 0 heterocycles. The lowest BCUT2D eigenvalue weighted by Crippen LogP contribution is -1.99. The Balaban J connectivity index is 3.43. The van der Waals surface area contributed by atoms with E-state index in [9.17, 15) is 10.1 Å². The Hall–Kier alpha value is -0.940. The molecule has 0 aromatic heterocycles. The average Bonchev–Trinajstić information content (AvgIpc) is 2.07. The fraction of sp³-hybridized carbons (Fsp3) is 0.250. The first-order chi connectivity index (χ1) is 6.07. The van der Waals surface area contributed by atoms with Crippen molar-refractivity contribution < 1.29 is 10.0 Å². The van der Waals surface area contributed by atoms with Gasteiger partial charge in [-0.2, -0.15) is 0 Å². The van der Waals surface area contributed by atoms with Crippen molar-refractivity contribution in [3.8, 4) is 0 Å². The highest BCUT2D eigenvalue weighted by Crippen LogP contribution is 2.29. The molecule has 70 valence electrons. The van der Waals surface area contributed by atoms with Crippen LogP contribution in [0, 0.1) is 17.0 Å². The Labute approximate surface area is 83.5 Å². The van der Waals surface area contributed by atoms with Crippen molar-refractivity contribution >= 4 is 21.6 Å². The molecule has 0 saturated carbocycles. The summed E-state index contributed by atoms with van der Waals surface area (Å²) in [6, 6.07) is 3.33. The first-order valence-electron chi connectivity index (χ1n) is 3.61. The number of nitro benzene ring substituents is 1. The zero-order valence-electron chi connectivity index (χ0n) is 6.95. The van der Waals surface area contributed by atoms with Gasteiger partial charge in [0.2, 0.25) is 0 Å². The number of halogens is 1. The summed E-state index contributed by atoms with van der Waals surface area (Å²) in [6.45, 7) is 1.31. The second-order valence-electron chi connectivity index (χ2n) is 2.61. The van der Waals surface area contributed by atoms with Gasteiger partial charge in [0.1, 0.15) is 0 Å². The van der Waals surface area contributed by atoms with Gasteiger partial charge < -0.3 is 5.11 Å². The fourth-order valence-corrected chi connectivity index (χ4v) is 1.58. The van der Waals surface area contributed by atoms with Crippen LogP contribution in [0.2, 0.25) is 0 Å². The van der Waals surface area contributed by atoms with Crippen LogP contribution in [0.1, 0.15) is 11.1 Å². The lowest BCUT2D eigenvalue weighted by atomic mass is 10.1. The van der Waals surface area contributed by atoms with Crippen molar-refractivity contribution in [2.24, 2.45) is 0 Å². The van der Waals surface area contributed by atoms with Crippen LogP contribution in [0.3, 0.4) is 0 Å². The molecule has 0 amide bonds. The van der Waals surface area contributed by atoms with Gasteiger partial charge in [0.15, 0.2) is 0 Å². The largest absolute Gasteiger partial charge is 0.391 e. The van der Waals surface area contributed by atoms with Gasteiger partial charge in [-0.1, -0.05) is 22.0 Å². The minimum atomic E-state index is -0.481. The molecule has 0 bridgehead atoms. The molecule has 0 spiro atoms. The van der Waals surface area contributed by atoms with E-state index in [1.807, 2.05) is 0 Å². The number of benzene rings is 1. The molecule has 0 fully saturated rings. The summed E-state index contributed by atoms with van der Waals surface area (Å²) < 4.78 is 0.562. The zero-order valence-corrected chi connectivity index (χ0v) is 8.54. The predicted molar refractivity (Wildman–Crippen MR) is 51.5 cm³/mol. The minimum Gasteiger partial charge on any atom is -0.391 e. The van der Waals surface area contributed by atoms with Crippen LogP contribution < -0.4 is 0 Å². The molecular weight excluding hydrogens is 238 g/mol. The summed E-state index contributed by atoms with van der Waals surface area (Å²) in [7, 11) is 0. The van der Waals surface area contributed by atoms with Gasteiger partial charge in [-0.25, -0.2) is 0 Å². The molecule has 0 aliphatic rings. The van der Waals surface area contributed by atoms with E-state index in [1.165, 1.54) is 0 Å². The monoisotopic (exact) mass is 245 g/mol. The molecule has 13 heavy (non-hydrogen) atoms. The smallest absolute Gasteiger partial charge is 0.278 e. The number of aryl methyl sites for hydroxylation is 1. The molecule has 1 aromatic rings. The minimum absolute atomic E-state index is 0.0168. The van der Waals surface area contributed by atoms with Crippen LogP contribution in [-0.2, 0) is 6.61 Å². The first kappa shape index (κ1) is 10.1. The van der Waals surface area contributed by atoms with Crippen molar-refractivity contribution in [3.63, 3.8) is 0 Å². The Bertz CT molecular complexity index is 351. The fourth-order valence-electron chi connectivity index (χ4n) is 1.13. The van der Waals surface area contributed by atoms with Gasteiger partial charge in [-0.05, 0) is 13.0 Å². The third-order valence-corrected chi connectivity index (χ3v) is 2.51. The SMILES string of the molecule is Cc1ccc(Br)c(CO)c1[N+](=O)[O-]. The van der Waals surface area contributed by atoms with Crippen molar-refractivity contribution in [1.82, 2.24) is 0 Å². The number of rotatable bonds is 2.